The van der Waals surface area contributed by atoms with E-state index >= 15 is 0 Å². The molecule has 1 amide bonds. The Labute approximate surface area is 113 Å². The first-order valence-corrected chi connectivity index (χ1v) is 6.57. The summed E-state index contributed by atoms with van der Waals surface area (Å²) in [4.78, 5) is 13.5. The molecule has 0 unspecified atom stereocenters. The van der Waals surface area contributed by atoms with Crippen LogP contribution in [-0.4, -0.2) is 35.4 Å². The van der Waals surface area contributed by atoms with Crippen LogP contribution < -0.4 is 5.73 Å². The Bertz CT molecular complexity index is 399. The summed E-state index contributed by atoms with van der Waals surface area (Å²) < 4.78 is 5.26. The van der Waals surface area contributed by atoms with E-state index in [0.29, 0.717) is 19.7 Å². The van der Waals surface area contributed by atoms with Crippen LogP contribution in [0.15, 0.2) is 30.3 Å². The molecule has 1 aromatic carbocycles. The minimum absolute atomic E-state index is 0.0774. The SMILES string of the molecule is N[C@H]1CN(C(=O)OCc2ccccc2)CC[C@@H]1S. The summed E-state index contributed by atoms with van der Waals surface area (Å²) in [5.41, 5.74) is 6.87. The molecule has 5 heteroatoms. The van der Waals surface area contributed by atoms with Crippen molar-refractivity contribution >= 4 is 18.7 Å². The molecule has 2 atom stereocenters. The molecule has 1 heterocycles. The van der Waals surface area contributed by atoms with E-state index in [1.165, 1.54) is 0 Å². The topological polar surface area (TPSA) is 55.6 Å². The Morgan fingerprint density at radius 3 is 2.83 bits per heavy atom. The van der Waals surface area contributed by atoms with Gasteiger partial charge in [0.05, 0.1) is 0 Å². The van der Waals surface area contributed by atoms with Gasteiger partial charge in [-0.1, -0.05) is 30.3 Å². The maximum absolute atomic E-state index is 11.8. The van der Waals surface area contributed by atoms with E-state index in [9.17, 15) is 4.79 Å². The highest BCUT2D eigenvalue weighted by Gasteiger charge is 2.27. The number of rotatable bonds is 2. The van der Waals surface area contributed by atoms with Crippen LogP contribution in [0.25, 0.3) is 0 Å². The number of ether oxygens (including phenoxy) is 1. The van der Waals surface area contributed by atoms with Crippen molar-refractivity contribution in [3.8, 4) is 0 Å². The van der Waals surface area contributed by atoms with E-state index in [4.69, 9.17) is 10.5 Å². The van der Waals surface area contributed by atoms with Crippen molar-refractivity contribution in [1.82, 2.24) is 4.90 Å². The number of hydrogen-bond acceptors (Lipinski definition) is 4. The maximum atomic E-state index is 11.8. The van der Waals surface area contributed by atoms with Crippen molar-refractivity contribution in [3.63, 3.8) is 0 Å². The molecule has 1 fully saturated rings. The first-order chi connectivity index (χ1) is 8.66. The van der Waals surface area contributed by atoms with Crippen molar-refractivity contribution in [1.29, 1.82) is 0 Å². The molecule has 1 aliphatic heterocycles. The second-order valence-corrected chi connectivity index (χ2v) is 5.17. The first kappa shape index (κ1) is 13.2. The number of amides is 1. The van der Waals surface area contributed by atoms with Crippen molar-refractivity contribution in [2.24, 2.45) is 5.73 Å². The van der Waals surface area contributed by atoms with Crippen molar-refractivity contribution in [2.45, 2.75) is 24.3 Å². The molecule has 1 saturated heterocycles. The molecule has 98 valence electrons. The molecule has 4 nitrogen and oxygen atoms in total. The highest BCUT2D eigenvalue weighted by atomic mass is 32.1. The molecule has 0 bridgehead atoms. The highest BCUT2D eigenvalue weighted by molar-refractivity contribution is 7.81. The molecule has 0 aliphatic carbocycles. The van der Waals surface area contributed by atoms with Gasteiger partial charge < -0.3 is 15.4 Å². The van der Waals surface area contributed by atoms with Crippen LogP contribution in [0.1, 0.15) is 12.0 Å². The van der Waals surface area contributed by atoms with Gasteiger partial charge in [0, 0.05) is 24.4 Å². The predicted octanol–water partition coefficient (Wildman–Crippen LogP) is 1.65. The summed E-state index contributed by atoms with van der Waals surface area (Å²) >= 11 is 4.37. The van der Waals surface area contributed by atoms with E-state index in [1.54, 1.807) is 4.90 Å². The number of nitrogens with two attached hydrogens (primary N) is 1. The summed E-state index contributed by atoms with van der Waals surface area (Å²) in [6, 6.07) is 9.56. The summed E-state index contributed by atoms with van der Waals surface area (Å²) in [7, 11) is 0. The van der Waals surface area contributed by atoms with Crippen molar-refractivity contribution in [2.75, 3.05) is 13.1 Å². The van der Waals surface area contributed by atoms with E-state index in [-0.39, 0.29) is 17.4 Å². The third kappa shape index (κ3) is 3.40. The fourth-order valence-corrected chi connectivity index (χ4v) is 2.16. The smallest absolute Gasteiger partial charge is 0.410 e. The zero-order valence-corrected chi connectivity index (χ0v) is 11.1. The van der Waals surface area contributed by atoms with Gasteiger partial charge in [-0.2, -0.15) is 12.6 Å². The molecule has 1 aliphatic rings. The summed E-state index contributed by atoms with van der Waals surface area (Å²) in [6.45, 7) is 1.48. The fourth-order valence-electron chi connectivity index (χ4n) is 1.95. The Morgan fingerprint density at radius 1 is 1.44 bits per heavy atom. The number of likely N-dealkylation sites (tertiary alicyclic amines) is 1. The zero-order valence-electron chi connectivity index (χ0n) is 10.2. The minimum Gasteiger partial charge on any atom is -0.445 e. The molecule has 0 saturated carbocycles. The van der Waals surface area contributed by atoms with Crippen LogP contribution in [0.3, 0.4) is 0 Å². The Morgan fingerprint density at radius 2 is 2.17 bits per heavy atom. The number of nitrogens with zero attached hydrogens (tertiary/aromatic N) is 1. The number of piperidine rings is 1. The van der Waals surface area contributed by atoms with Crippen molar-refractivity contribution in [3.05, 3.63) is 35.9 Å². The molecule has 2 N–H and O–H groups in total. The summed E-state index contributed by atoms with van der Waals surface area (Å²) in [5.74, 6) is 0. The average molecular weight is 266 g/mol. The normalized spacial score (nSPS) is 23.8. The third-order valence-electron chi connectivity index (χ3n) is 3.08. The van der Waals surface area contributed by atoms with Crippen LogP contribution in [0.5, 0.6) is 0 Å². The number of carbonyl (C=O) groups excluding carboxylic acids is 1. The monoisotopic (exact) mass is 266 g/mol. The number of thiol groups is 1. The number of carbonyl (C=O) groups is 1. The number of hydrogen-bond donors (Lipinski definition) is 2. The van der Waals surface area contributed by atoms with Gasteiger partial charge in [-0.25, -0.2) is 4.79 Å². The molecule has 0 spiro atoms. The fraction of sp³-hybridized carbons (Fsp3) is 0.462. The van der Waals surface area contributed by atoms with Gasteiger partial charge in [-0.05, 0) is 12.0 Å². The third-order valence-corrected chi connectivity index (χ3v) is 3.72. The molecule has 1 aromatic rings. The second kappa shape index (κ2) is 6.11. The van der Waals surface area contributed by atoms with Gasteiger partial charge in [0.25, 0.3) is 0 Å². The quantitative estimate of drug-likeness (QED) is 0.800. The lowest BCUT2D eigenvalue weighted by atomic mass is 10.1. The van der Waals surface area contributed by atoms with Gasteiger partial charge in [0.15, 0.2) is 0 Å². The molecule has 2 rings (SSSR count). The molecular weight excluding hydrogens is 248 g/mol. The van der Waals surface area contributed by atoms with Gasteiger partial charge in [0.2, 0.25) is 0 Å². The minimum atomic E-state index is -0.297. The summed E-state index contributed by atoms with van der Waals surface area (Å²) in [6.07, 6.45) is 0.514. The van der Waals surface area contributed by atoms with E-state index in [0.717, 1.165) is 12.0 Å². The predicted molar refractivity (Wildman–Crippen MR) is 73.6 cm³/mol. The molecular formula is C13H18N2O2S. The van der Waals surface area contributed by atoms with Crippen LogP contribution >= 0.6 is 12.6 Å². The lowest BCUT2D eigenvalue weighted by Crippen LogP contribution is -2.51. The van der Waals surface area contributed by atoms with Gasteiger partial charge in [0.1, 0.15) is 6.61 Å². The van der Waals surface area contributed by atoms with E-state index < -0.39 is 0 Å². The Hall–Kier alpha value is -1.20. The van der Waals surface area contributed by atoms with Crippen LogP contribution in [0.4, 0.5) is 4.79 Å². The molecule has 0 aromatic heterocycles. The first-order valence-electron chi connectivity index (χ1n) is 6.06. The maximum Gasteiger partial charge on any atom is 0.410 e. The lowest BCUT2D eigenvalue weighted by molar-refractivity contribution is 0.0871. The van der Waals surface area contributed by atoms with Crippen LogP contribution in [0.2, 0.25) is 0 Å². The molecule has 0 radical (unpaired) electrons. The Kier molecular flexibility index (Phi) is 4.49. The largest absolute Gasteiger partial charge is 0.445 e. The second-order valence-electron chi connectivity index (χ2n) is 4.51. The van der Waals surface area contributed by atoms with Gasteiger partial charge >= 0.3 is 6.09 Å². The standard InChI is InChI=1S/C13H18N2O2S/c14-11-8-15(7-6-12(11)18)13(16)17-9-10-4-2-1-3-5-10/h1-5,11-12,18H,6-9,14H2/t11-,12-/m0/s1. The van der Waals surface area contributed by atoms with Gasteiger partial charge in [-0.15, -0.1) is 0 Å². The molecule has 18 heavy (non-hydrogen) atoms. The van der Waals surface area contributed by atoms with E-state index in [2.05, 4.69) is 12.6 Å². The van der Waals surface area contributed by atoms with Crippen LogP contribution in [-0.2, 0) is 11.3 Å². The van der Waals surface area contributed by atoms with Gasteiger partial charge in [-0.3, -0.25) is 0 Å². The summed E-state index contributed by atoms with van der Waals surface area (Å²) in [5, 5.41) is 0.170. The van der Waals surface area contributed by atoms with E-state index in [1.807, 2.05) is 30.3 Å². The number of benzene rings is 1. The highest BCUT2D eigenvalue weighted by Crippen LogP contribution is 2.15. The van der Waals surface area contributed by atoms with Crippen molar-refractivity contribution < 1.29 is 9.53 Å². The zero-order chi connectivity index (χ0) is 13.0. The average Bonchev–Trinajstić information content (AvgIpc) is 2.40. The Balaban J connectivity index is 1.82. The lowest BCUT2D eigenvalue weighted by Gasteiger charge is -2.33. The van der Waals surface area contributed by atoms with Crippen LogP contribution in [0, 0.1) is 0 Å².